The summed E-state index contributed by atoms with van der Waals surface area (Å²) in [4.78, 5) is 13.5. The minimum Gasteiger partial charge on any atom is -0.489 e. The van der Waals surface area contributed by atoms with E-state index >= 15 is 0 Å². The molecule has 31 heavy (non-hydrogen) atoms. The Morgan fingerprint density at radius 1 is 1.13 bits per heavy atom. The summed E-state index contributed by atoms with van der Waals surface area (Å²) in [5.74, 6) is 0.911. The highest BCUT2D eigenvalue weighted by Crippen LogP contribution is 2.35. The van der Waals surface area contributed by atoms with Crippen molar-refractivity contribution in [2.45, 2.75) is 58.6 Å². The van der Waals surface area contributed by atoms with E-state index in [1.165, 1.54) is 33.4 Å². The van der Waals surface area contributed by atoms with Crippen molar-refractivity contribution in [3.05, 3.63) is 82.6 Å². The summed E-state index contributed by atoms with van der Waals surface area (Å²) in [7, 11) is 0. The van der Waals surface area contributed by atoms with Crippen molar-refractivity contribution in [2.24, 2.45) is 0 Å². The fourth-order valence-electron chi connectivity index (χ4n) is 4.23. The van der Waals surface area contributed by atoms with Crippen LogP contribution < -0.4 is 4.74 Å². The van der Waals surface area contributed by atoms with Gasteiger partial charge in [-0.25, -0.2) is 0 Å². The predicted octanol–water partition coefficient (Wildman–Crippen LogP) is 6.25. The molecule has 0 N–H and O–H groups in total. The fraction of sp³-hybridized carbons (Fsp3) is 0.370. The monoisotopic (exact) mass is 435 g/mol. The quantitative estimate of drug-likeness (QED) is 0.502. The van der Waals surface area contributed by atoms with Crippen LogP contribution in [0.4, 0.5) is 0 Å². The van der Waals surface area contributed by atoms with Crippen molar-refractivity contribution in [1.29, 1.82) is 0 Å². The van der Waals surface area contributed by atoms with Crippen LogP contribution in [0.25, 0.3) is 5.57 Å². The predicted molar refractivity (Wildman–Crippen MR) is 127 cm³/mol. The lowest BCUT2D eigenvalue weighted by Crippen LogP contribution is -2.42. The second-order valence-corrected chi connectivity index (χ2v) is 9.92. The first-order valence-corrected chi connectivity index (χ1v) is 11.3. The third-order valence-corrected chi connectivity index (χ3v) is 6.58. The molecule has 4 heteroatoms. The van der Waals surface area contributed by atoms with Crippen LogP contribution >= 0.6 is 11.6 Å². The number of aryl methyl sites for hydroxylation is 1. The number of carbonyl (C=O) groups is 1. The Morgan fingerprint density at radius 2 is 1.87 bits per heavy atom. The summed E-state index contributed by atoms with van der Waals surface area (Å²) in [6.45, 7) is 10.2. The lowest BCUT2D eigenvalue weighted by Gasteiger charge is -2.35. The molecule has 2 aromatic rings. The van der Waals surface area contributed by atoms with E-state index in [1.54, 1.807) is 0 Å². The molecule has 2 aromatic carbocycles. The van der Waals surface area contributed by atoms with Crippen molar-refractivity contribution in [1.82, 2.24) is 4.90 Å². The zero-order valence-corrected chi connectivity index (χ0v) is 19.5. The molecular formula is C27H30ClNO2. The first-order chi connectivity index (χ1) is 14.7. The Hall–Kier alpha value is -2.52. The largest absolute Gasteiger partial charge is 0.489 e. The minimum atomic E-state index is -0.313. The summed E-state index contributed by atoms with van der Waals surface area (Å²) in [5, 5.41) is -0.313. The number of hydrogen-bond acceptors (Lipinski definition) is 3. The van der Waals surface area contributed by atoms with Gasteiger partial charge in [0.05, 0.1) is 0 Å². The van der Waals surface area contributed by atoms with Crippen LogP contribution in [0, 0.1) is 0 Å². The number of nitrogens with zero attached hydrogens (tertiary/aromatic N) is 1. The van der Waals surface area contributed by atoms with Crippen LogP contribution in [0.15, 0.2) is 60.3 Å². The molecule has 4 rings (SSSR count). The number of halogens is 1. The van der Waals surface area contributed by atoms with E-state index in [2.05, 4.69) is 70.2 Å². The van der Waals surface area contributed by atoms with Crippen LogP contribution in [0.5, 0.6) is 5.75 Å². The summed E-state index contributed by atoms with van der Waals surface area (Å²) in [6, 6.07) is 14.8. The van der Waals surface area contributed by atoms with Crippen LogP contribution in [0.3, 0.4) is 0 Å². The van der Waals surface area contributed by atoms with Crippen molar-refractivity contribution < 1.29 is 9.53 Å². The Balaban J connectivity index is 1.42. The van der Waals surface area contributed by atoms with Gasteiger partial charge in [-0.2, -0.15) is 0 Å². The normalized spacial score (nSPS) is 18.0. The lowest BCUT2D eigenvalue weighted by molar-refractivity contribution is -0.115. The van der Waals surface area contributed by atoms with E-state index in [0.717, 1.165) is 25.1 Å². The highest BCUT2D eigenvalue weighted by atomic mass is 35.5. The van der Waals surface area contributed by atoms with Crippen LogP contribution in [-0.2, 0) is 23.2 Å². The van der Waals surface area contributed by atoms with Gasteiger partial charge in [0.2, 0.25) is 5.24 Å². The number of benzene rings is 2. The van der Waals surface area contributed by atoms with E-state index in [4.69, 9.17) is 16.3 Å². The molecule has 2 aliphatic rings. The van der Waals surface area contributed by atoms with Crippen molar-refractivity contribution in [3.8, 4) is 5.75 Å². The molecule has 1 aliphatic heterocycles. The zero-order chi connectivity index (χ0) is 22.2. The molecule has 0 saturated carbocycles. The maximum absolute atomic E-state index is 11.5. The van der Waals surface area contributed by atoms with E-state index < -0.39 is 0 Å². The third-order valence-electron chi connectivity index (χ3n) is 6.36. The number of allylic oxidation sites excluding steroid dienone is 1. The summed E-state index contributed by atoms with van der Waals surface area (Å²) in [6.07, 6.45) is 5.77. The molecule has 1 unspecified atom stereocenters. The molecule has 162 valence electrons. The van der Waals surface area contributed by atoms with Gasteiger partial charge >= 0.3 is 0 Å². The molecule has 0 spiro atoms. The molecule has 1 heterocycles. The number of ether oxygens (including phenoxy) is 1. The average Bonchev–Trinajstić information content (AvgIpc) is 2.70. The van der Waals surface area contributed by atoms with Gasteiger partial charge in [0.1, 0.15) is 18.4 Å². The van der Waals surface area contributed by atoms with Gasteiger partial charge in [0, 0.05) is 6.54 Å². The minimum absolute atomic E-state index is 0.161. The molecule has 0 saturated heterocycles. The van der Waals surface area contributed by atoms with Crippen LogP contribution in [-0.4, -0.2) is 22.7 Å². The maximum Gasteiger partial charge on any atom is 0.248 e. The Morgan fingerprint density at radius 3 is 2.48 bits per heavy atom. The van der Waals surface area contributed by atoms with Gasteiger partial charge in [0.25, 0.3) is 0 Å². The van der Waals surface area contributed by atoms with E-state index in [-0.39, 0.29) is 16.7 Å². The van der Waals surface area contributed by atoms with Gasteiger partial charge in [-0.15, -0.1) is 0 Å². The third kappa shape index (κ3) is 4.72. The van der Waals surface area contributed by atoms with E-state index in [9.17, 15) is 4.79 Å². The zero-order valence-electron chi connectivity index (χ0n) is 18.7. The number of rotatable bonds is 6. The Kier molecular flexibility index (Phi) is 5.98. The van der Waals surface area contributed by atoms with Crippen molar-refractivity contribution in [3.63, 3.8) is 0 Å². The molecule has 1 aliphatic carbocycles. The van der Waals surface area contributed by atoms with Crippen molar-refractivity contribution >= 4 is 22.4 Å². The highest BCUT2D eigenvalue weighted by molar-refractivity contribution is 6.65. The molecule has 0 fully saturated rings. The second kappa shape index (κ2) is 8.55. The Labute approximate surface area is 190 Å². The van der Waals surface area contributed by atoms with Crippen LogP contribution in [0.2, 0.25) is 0 Å². The number of fused-ring (bicyclic) bond motifs is 1. The molecule has 3 nitrogen and oxygen atoms in total. The van der Waals surface area contributed by atoms with Gasteiger partial charge < -0.3 is 9.64 Å². The smallest absolute Gasteiger partial charge is 0.248 e. The molecular weight excluding hydrogens is 406 g/mol. The molecule has 0 amide bonds. The molecule has 0 bridgehead atoms. The second-order valence-electron chi connectivity index (χ2n) is 9.55. The van der Waals surface area contributed by atoms with Gasteiger partial charge in [-0.3, -0.25) is 4.79 Å². The van der Waals surface area contributed by atoms with Crippen LogP contribution in [0.1, 0.15) is 56.4 Å². The van der Waals surface area contributed by atoms with E-state index in [0.29, 0.717) is 6.61 Å². The number of carbonyl (C=O) groups excluding carboxylic acids is 1. The molecule has 1 atom stereocenters. The van der Waals surface area contributed by atoms with Crippen molar-refractivity contribution in [2.75, 3.05) is 6.54 Å². The first kappa shape index (κ1) is 21.7. The topological polar surface area (TPSA) is 29.5 Å². The summed E-state index contributed by atoms with van der Waals surface area (Å²) < 4.78 is 6.09. The molecule has 0 aromatic heterocycles. The van der Waals surface area contributed by atoms with Gasteiger partial charge in [-0.1, -0.05) is 51.1 Å². The van der Waals surface area contributed by atoms with Gasteiger partial charge in [-0.05, 0) is 94.6 Å². The summed E-state index contributed by atoms with van der Waals surface area (Å²) >= 11 is 5.67. The standard InChI is InChI=1S/C27H30ClNO2/c1-18-21(16-29-14-13-25(29)26(28)30)8-7-20-15-23(11-12-24(18)20)31-17-19-5-9-22(10-6-19)27(2,3)4/h5-6,9-15,25H,7-8,16-17H2,1-4H3. The molecule has 0 radical (unpaired) electrons. The first-order valence-electron chi connectivity index (χ1n) is 10.9. The highest BCUT2D eigenvalue weighted by Gasteiger charge is 2.28. The number of hydrogen-bond donors (Lipinski definition) is 0. The van der Waals surface area contributed by atoms with Gasteiger partial charge in [0.15, 0.2) is 0 Å². The summed E-state index contributed by atoms with van der Waals surface area (Å²) in [5.41, 5.74) is 7.94. The Bertz CT molecular complexity index is 1040. The fourth-order valence-corrected chi connectivity index (χ4v) is 4.43. The van der Waals surface area contributed by atoms with E-state index in [1.807, 2.05) is 17.2 Å². The average molecular weight is 436 g/mol. The SMILES string of the molecule is CC1=C(CN2C=CC2C(=O)Cl)CCc2cc(OCc3ccc(C(C)(C)C)cc3)ccc21. The lowest BCUT2D eigenvalue weighted by atomic mass is 9.85. The maximum atomic E-state index is 11.5.